The average molecular weight is 201 g/mol. The van der Waals surface area contributed by atoms with Crippen molar-refractivity contribution in [2.24, 2.45) is 0 Å². The van der Waals surface area contributed by atoms with Crippen molar-refractivity contribution in [1.29, 1.82) is 0 Å². The molecule has 3 nitrogen and oxygen atoms in total. The van der Waals surface area contributed by atoms with Crippen molar-refractivity contribution in [1.82, 2.24) is 0 Å². The Morgan fingerprint density at radius 2 is 1.67 bits per heavy atom. The summed E-state index contributed by atoms with van der Waals surface area (Å²) >= 11 is 0. The molecule has 1 heterocycles. The molecule has 0 spiro atoms. The van der Waals surface area contributed by atoms with Gasteiger partial charge in [-0.25, -0.2) is 0 Å². The van der Waals surface area contributed by atoms with Crippen LogP contribution in [0.5, 0.6) is 0 Å². The highest BCUT2D eigenvalue weighted by Crippen LogP contribution is 2.19. The van der Waals surface area contributed by atoms with Gasteiger partial charge in [0.1, 0.15) is 6.10 Å². The average Bonchev–Trinajstić information content (AvgIpc) is 2.29. The Labute approximate surface area is 87.8 Å². The fourth-order valence-corrected chi connectivity index (χ4v) is 1.46. The van der Waals surface area contributed by atoms with Gasteiger partial charge in [0.2, 0.25) is 0 Å². The predicted molar refractivity (Wildman–Crippen MR) is 55.9 cm³/mol. The van der Waals surface area contributed by atoms with Gasteiger partial charge < -0.3 is 10.3 Å². The zero-order chi connectivity index (χ0) is 10.7. The molecule has 0 bridgehead atoms. The Balaban J connectivity index is 2.32. The van der Waals surface area contributed by atoms with Crippen LogP contribution in [0.25, 0.3) is 0 Å². The van der Waals surface area contributed by atoms with Crippen LogP contribution in [0.15, 0.2) is 54.9 Å². The van der Waals surface area contributed by atoms with Crippen LogP contribution in [0, 0.1) is 5.21 Å². The van der Waals surface area contributed by atoms with E-state index in [0.29, 0.717) is 10.3 Å². The Morgan fingerprint density at radius 3 is 2.33 bits per heavy atom. The summed E-state index contributed by atoms with van der Waals surface area (Å²) in [4.78, 5) is 0. The third-order valence-electron chi connectivity index (χ3n) is 2.23. The number of aliphatic hydroxyl groups is 1. The first-order chi connectivity index (χ1) is 7.27. The van der Waals surface area contributed by atoms with Gasteiger partial charge in [0, 0.05) is 6.07 Å². The van der Waals surface area contributed by atoms with Crippen molar-refractivity contribution in [3.05, 3.63) is 71.2 Å². The Morgan fingerprint density at radius 1 is 1.00 bits per heavy atom. The molecule has 0 aliphatic heterocycles. The first-order valence-corrected chi connectivity index (χ1v) is 4.69. The van der Waals surface area contributed by atoms with Crippen LogP contribution in [0.1, 0.15) is 17.2 Å². The van der Waals surface area contributed by atoms with Crippen LogP contribution in [0.4, 0.5) is 0 Å². The lowest BCUT2D eigenvalue weighted by Gasteiger charge is -2.09. The van der Waals surface area contributed by atoms with Crippen molar-refractivity contribution >= 4 is 0 Å². The lowest BCUT2D eigenvalue weighted by molar-refractivity contribution is -0.606. The van der Waals surface area contributed by atoms with Crippen LogP contribution in [0.2, 0.25) is 0 Å². The van der Waals surface area contributed by atoms with Crippen molar-refractivity contribution in [3.8, 4) is 0 Å². The molecule has 1 atom stereocenters. The molecule has 0 aliphatic rings. The molecular formula is C12H11NO2. The SMILES string of the molecule is [O-][n+]1cccc(C(O)c2ccccc2)c1. The van der Waals surface area contributed by atoms with Crippen molar-refractivity contribution in [2.45, 2.75) is 6.10 Å². The summed E-state index contributed by atoms with van der Waals surface area (Å²) in [5.41, 5.74) is 1.38. The summed E-state index contributed by atoms with van der Waals surface area (Å²) in [5.74, 6) is 0. The molecule has 0 saturated carbocycles. The van der Waals surface area contributed by atoms with Crippen molar-refractivity contribution < 1.29 is 9.84 Å². The highest BCUT2D eigenvalue weighted by molar-refractivity contribution is 5.26. The fraction of sp³-hybridized carbons (Fsp3) is 0.0833. The second kappa shape index (κ2) is 4.11. The van der Waals surface area contributed by atoms with Crippen molar-refractivity contribution in [2.75, 3.05) is 0 Å². The maximum absolute atomic E-state index is 11.0. The third kappa shape index (κ3) is 2.14. The fourth-order valence-electron chi connectivity index (χ4n) is 1.46. The summed E-state index contributed by atoms with van der Waals surface area (Å²) in [6.45, 7) is 0. The maximum atomic E-state index is 11.0. The molecule has 2 rings (SSSR count). The van der Waals surface area contributed by atoms with Gasteiger partial charge in [-0.2, -0.15) is 4.73 Å². The monoisotopic (exact) mass is 201 g/mol. The van der Waals surface area contributed by atoms with Gasteiger partial charge in [0.05, 0.1) is 5.56 Å². The minimum atomic E-state index is -0.743. The minimum Gasteiger partial charge on any atom is -0.619 e. The molecule has 2 aromatic rings. The van der Waals surface area contributed by atoms with Crippen LogP contribution in [-0.2, 0) is 0 Å². The third-order valence-corrected chi connectivity index (χ3v) is 2.23. The topological polar surface area (TPSA) is 47.2 Å². The van der Waals surface area contributed by atoms with E-state index in [2.05, 4.69) is 0 Å². The van der Waals surface area contributed by atoms with Crippen LogP contribution < -0.4 is 4.73 Å². The highest BCUT2D eigenvalue weighted by atomic mass is 16.5. The molecule has 0 amide bonds. The summed E-state index contributed by atoms with van der Waals surface area (Å²) in [5, 5.41) is 21.0. The zero-order valence-corrected chi connectivity index (χ0v) is 8.08. The van der Waals surface area contributed by atoms with Gasteiger partial charge in [0.15, 0.2) is 12.4 Å². The second-order valence-corrected chi connectivity index (χ2v) is 3.31. The molecule has 1 N–H and O–H groups in total. The van der Waals surface area contributed by atoms with E-state index in [1.54, 1.807) is 12.1 Å². The summed E-state index contributed by atoms with van der Waals surface area (Å²) in [7, 11) is 0. The molecule has 1 aromatic heterocycles. The van der Waals surface area contributed by atoms with E-state index < -0.39 is 6.10 Å². The van der Waals surface area contributed by atoms with Gasteiger partial charge in [-0.15, -0.1) is 0 Å². The standard InChI is InChI=1S/C12H11NO2/c14-12(10-5-2-1-3-6-10)11-7-4-8-13(15)9-11/h1-9,12,14H. The Hall–Kier alpha value is -1.87. The van der Waals surface area contributed by atoms with Gasteiger partial charge >= 0.3 is 0 Å². The number of benzene rings is 1. The maximum Gasteiger partial charge on any atom is 0.186 e. The molecule has 76 valence electrons. The van der Waals surface area contributed by atoms with E-state index >= 15 is 0 Å². The number of rotatable bonds is 2. The summed E-state index contributed by atoms with van der Waals surface area (Å²) < 4.78 is 0.682. The van der Waals surface area contributed by atoms with E-state index in [-0.39, 0.29) is 0 Å². The van der Waals surface area contributed by atoms with E-state index in [9.17, 15) is 10.3 Å². The lowest BCUT2D eigenvalue weighted by atomic mass is 10.0. The highest BCUT2D eigenvalue weighted by Gasteiger charge is 2.11. The quantitative estimate of drug-likeness (QED) is 0.589. The summed E-state index contributed by atoms with van der Waals surface area (Å²) in [6.07, 6.45) is 2.02. The number of hydrogen-bond donors (Lipinski definition) is 1. The van der Waals surface area contributed by atoms with E-state index in [4.69, 9.17) is 0 Å². The molecule has 3 heteroatoms. The number of hydrogen-bond acceptors (Lipinski definition) is 2. The molecule has 0 aliphatic carbocycles. The molecule has 0 radical (unpaired) electrons. The predicted octanol–water partition coefficient (Wildman–Crippen LogP) is 1.40. The first-order valence-electron chi connectivity index (χ1n) is 4.69. The number of aromatic nitrogens is 1. The smallest absolute Gasteiger partial charge is 0.186 e. The Kier molecular flexibility index (Phi) is 2.65. The van der Waals surface area contributed by atoms with Gasteiger partial charge in [-0.05, 0) is 11.6 Å². The molecule has 0 fully saturated rings. The number of nitrogens with zero attached hydrogens (tertiary/aromatic N) is 1. The molecule has 1 unspecified atom stereocenters. The second-order valence-electron chi connectivity index (χ2n) is 3.31. The van der Waals surface area contributed by atoms with E-state index in [1.807, 2.05) is 30.3 Å². The number of pyridine rings is 1. The number of aliphatic hydroxyl groups excluding tert-OH is 1. The van der Waals surface area contributed by atoms with Crippen LogP contribution >= 0.6 is 0 Å². The molecular weight excluding hydrogens is 190 g/mol. The first kappa shape index (κ1) is 9.68. The molecule has 0 saturated heterocycles. The van der Waals surface area contributed by atoms with Crippen LogP contribution in [0.3, 0.4) is 0 Å². The van der Waals surface area contributed by atoms with Gasteiger partial charge in [-0.1, -0.05) is 30.3 Å². The van der Waals surface area contributed by atoms with E-state index in [1.165, 1.54) is 12.4 Å². The van der Waals surface area contributed by atoms with Gasteiger partial charge in [-0.3, -0.25) is 0 Å². The summed E-state index contributed by atoms with van der Waals surface area (Å²) in [6, 6.07) is 12.6. The zero-order valence-electron chi connectivity index (χ0n) is 8.08. The van der Waals surface area contributed by atoms with Crippen molar-refractivity contribution in [3.63, 3.8) is 0 Å². The Bertz CT molecular complexity index is 442. The van der Waals surface area contributed by atoms with Crippen LogP contribution in [-0.4, -0.2) is 5.11 Å². The molecule has 1 aromatic carbocycles. The minimum absolute atomic E-state index is 0.596. The largest absolute Gasteiger partial charge is 0.619 e. The van der Waals surface area contributed by atoms with Gasteiger partial charge in [0.25, 0.3) is 0 Å². The normalized spacial score (nSPS) is 12.3. The van der Waals surface area contributed by atoms with E-state index in [0.717, 1.165) is 5.56 Å². The molecule has 15 heavy (non-hydrogen) atoms. The lowest BCUT2D eigenvalue weighted by Crippen LogP contribution is -2.25.